The summed E-state index contributed by atoms with van der Waals surface area (Å²) in [4.78, 5) is 41.6. The number of hydrogen-bond acceptors (Lipinski definition) is 9. The number of isocyanates is 1. The van der Waals surface area contributed by atoms with E-state index < -0.39 is 7.82 Å². The number of benzene rings is 2. The number of aliphatic imine (C=N–C) groups is 1. The van der Waals surface area contributed by atoms with E-state index in [1.165, 1.54) is 24.3 Å². The van der Waals surface area contributed by atoms with Crippen LogP contribution >= 0.6 is 7.82 Å². The summed E-state index contributed by atoms with van der Waals surface area (Å²) < 4.78 is 23.8. The van der Waals surface area contributed by atoms with Gasteiger partial charge in [0.25, 0.3) is 0 Å². The highest BCUT2D eigenvalue weighted by Crippen LogP contribution is 2.39. The number of ether oxygens (including phenoxy) is 1. The molecular weight excluding hydrogens is 549 g/mol. The van der Waals surface area contributed by atoms with Crippen LogP contribution in [0.1, 0.15) is 49.6 Å². The van der Waals surface area contributed by atoms with Crippen molar-refractivity contribution in [2.75, 3.05) is 25.5 Å². The number of aryl methyl sites for hydroxylation is 2. The van der Waals surface area contributed by atoms with Crippen LogP contribution in [0, 0.1) is 0 Å². The Morgan fingerprint density at radius 2 is 1.88 bits per heavy atom. The smallest absolute Gasteiger partial charge is 0.508 e. The number of imidazole rings is 1. The molecule has 0 aliphatic rings. The van der Waals surface area contributed by atoms with Crippen LogP contribution in [0.25, 0.3) is 21.9 Å². The van der Waals surface area contributed by atoms with Crippen molar-refractivity contribution < 1.29 is 33.5 Å². The van der Waals surface area contributed by atoms with Crippen molar-refractivity contribution >= 4 is 41.7 Å². The summed E-state index contributed by atoms with van der Waals surface area (Å²) in [6.07, 6.45) is 6.26. The van der Waals surface area contributed by atoms with E-state index in [2.05, 4.69) is 23.0 Å². The van der Waals surface area contributed by atoms with Crippen molar-refractivity contribution in [1.82, 2.24) is 14.5 Å². The summed E-state index contributed by atoms with van der Waals surface area (Å²) >= 11 is 0. The Kier molecular flexibility index (Phi) is 10.1. The molecular formula is C28H34N5O7P. The Balaban J connectivity index is 1.69. The number of unbranched alkanes of at least 4 members (excludes halogenated alkanes) is 1. The second kappa shape index (κ2) is 13.7. The number of nitrogens with zero attached hydrogens (tertiary/aromatic N) is 4. The molecule has 0 saturated heterocycles. The first-order valence-electron chi connectivity index (χ1n) is 13.5. The maximum Gasteiger partial charge on any atom is 0.524 e. The number of aromatic hydroxyl groups is 1. The average molecular weight is 584 g/mol. The zero-order valence-electron chi connectivity index (χ0n) is 22.8. The summed E-state index contributed by atoms with van der Waals surface area (Å²) in [5, 5.41) is 11.5. The molecule has 0 unspecified atom stereocenters. The maximum absolute atomic E-state index is 11.4. The quantitative estimate of drug-likeness (QED) is 0.0677. The monoisotopic (exact) mass is 583 g/mol. The third-order valence-corrected chi connectivity index (χ3v) is 7.03. The van der Waals surface area contributed by atoms with Crippen LogP contribution in [-0.4, -0.2) is 55.3 Å². The van der Waals surface area contributed by atoms with Crippen LogP contribution < -0.4 is 10.3 Å². The van der Waals surface area contributed by atoms with Crippen molar-refractivity contribution in [2.45, 2.75) is 52.0 Å². The fourth-order valence-electron chi connectivity index (χ4n) is 4.68. The summed E-state index contributed by atoms with van der Waals surface area (Å²) in [7, 11) is -4.77. The number of rotatable bonds is 15. The van der Waals surface area contributed by atoms with Gasteiger partial charge in [-0.05, 0) is 61.6 Å². The molecule has 0 atom stereocenters. The molecule has 0 spiro atoms. The molecule has 0 fully saturated rings. The normalized spacial score (nSPS) is 11.7. The minimum Gasteiger partial charge on any atom is -0.508 e. The Bertz CT molecular complexity index is 1610. The second-order valence-electron chi connectivity index (χ2n) is 9.68. The van der Waals surface area contributed by atoms with E-state index in [9.17, 15) is 24.3 Å². The molecule has 0 amide bonds. The van der Waals surface area contributed by atoms with Gasteiger partial charge >= 0.3 is 7.82 Å². The Labute approximate surface area is 237 Å². The van der Waals surface area contributed by atoms with Crippen molar-refractivity contribution in [3.63, 3.8) is 0 Å². The molecule has 0 radical (unpaired) electrons. The summed E-state index contributed by atoms with van der Waals surface area (Å²) in [6.45, 7) is 3.77. The van der Waals surface area contributed by atoms with Gasteiger partial charge in [-0.1, -0.05) is 19.4 Å². The number of fused-ring (bicyclic) bond motifs is 3. The van der Waals surface area contributed by atoms with E-state index in [-0.39, 0.29) is 18.0 Å². The summed E-state index contributed by atoms with van der Waals surface area (Å²) in [6, 6.07) is 10.1. The minimum atomic E-state index is -4.77. The third-order valence-electron chi connectivity index (χ3n) is 6.58. The summed E-state index contributed by atoms with van der Waals surface area (Å²) in [5.41, 5.74) is 9.89. The number of carbonyl (C=O) groups excluding carboxylic acids is 1. The molecule has 0 aliphatic heterocycles. The lowest BCUT2D eigenvalue weighted by molar-refractivity contribution is 0.131. The van der Waals surface area contributed by atoms with E-state index in [1.807, 2.05) is 16.7 Å². The fraction of sp³-hybridized carbons (Fsp3) is 0.393. The molecule has 0 bridgehead atoms. The Morgan fingerprint density at radius 1 is 1.07 bits per heavy atom. The van der Waals surface area contributed by atoms with Crippen LogP contribution in [0.5, 0.6) is 11.5 Å². The first-order valence-corrected chi connectivity index (χ1v) is 15.0. The number of pyridine rings is 1. The number of nitrogens with two attached hydrogens (primary N) is 1. The number of phosphoric acid groups is 1. The predicted octanol–water partition coefficient (Wildman–Crippen LogP) is 4.41. The van der Waals surface area contributed by atoms with Crippen molar-refractivity contribution in [3.05, 3.63) is 53.3 Å². The zero-order valence-corrected chi connectivity index (χ0v) is 23.7. The van der Waals surface area contributed by atoms with E-state index >= 15 is 0 Å². The number of nitrogen functional groups attached to an aromatic ring is 1. The fourth-order valence-corrected chi connectivity index (χ4v) is 5.07. The predicted molar refractivity (Wildman–Crippen MR) is 155 cm³/mol. The molecule has 2 aromatic carbocycles. The molecule has 4 aromatic rings. The molecule has 4 rings (SSSR count). The number of phenols is 1. The Hall–Kier alpha value is -3.79. The van der Waals surface area contributed by atoms with Gasteiger partial charge in [-0.3, -0.25) is 9.79 Å². The number of hydrogen-bond donors (Lipinski definition) is 4. The third kappa shape index (κ3) is 7.91. The molecule has 2 heterocycles. The zero-order chi connectivity index (χ0) is 29.4. The highest BCUT2D eigenvalue weighted by atomic mass is 31.2. The van der Waals surface area contributed by atoms with E-state index in [1.54, 1.807) is 0 Å². The molecule has 0 aliphatic carbocycles. The van der Waals surface area contributed by atoms with Crippen molar-refractivity contribution in [1.29, 1.82) is 0 Å². The second-order valence-corrected chi connectivity index (χ2v) is 10.8. The standard InChI is InChI=1S/C28H34N5O7P/c1-2-3-7-25-32-26-27(33(25)17-20-16-21(9-11-24(20)35)40-41(36,37)38)22-15-19(8-10-23(22)31-28(26)29)6-4-13-39-14-5-12-30-18-34/h8-11,15-16,35H,2-7,12-14,17H2,1H3,(H2,29,31)(H2,36,37,38). The van der Waals surface area contributed by atoms with E-state index in [4.69, 9.17) is 20.0 Å². The lowest BCUT2D eigenvalue weighted by Gasteiger charge is -2.14. The topological polar surface area (TPSA) is 182 Å². The van der Waals surface area contributed by atoms with Crippen LogP contribution in [-0.2, 0) is 33.5 Å². The largest absolute Gasteiger partial charge is 0.524 e. The number of aromatic nitrogens is 3. The molecule has 5 N–H and O–H groups in total. The van der Waals surface area contributed by atoms with Crippen molar-refractivity contribution in [2.24, 2.45) is 4.99 Å². The van der Waals surface area contributed by atoms with Crippen LogP contribution in [0.2, 0.25) is 0 Å². The van der Waals surface area contributed by atoms with E-state index in [0.29, 0.717) is 55.0 Å². The molecule has 2 aromatic heterocycles. The van der Waals surface area contributed by atoms with Gasteiger partial charge in [0.05, 0.1) is 24.1 Å². The molecule has 41 heavy (non-hydrogen) atoms. The molecule has 0 saturated carbocycles. The van der Waals surface area contributed by atoms with Gasteiger partial charge in [-0.25, -0.2) is 24.3 Å². The average Bonchev–Trinajstić information content (AvgIpc) is 3.29. The van der Waals surface area contributed by atoms with Crippen LogP contribution in [0.4, 0.5) is 5.82 Å². The van der Waals surface area contributed by atoms with Gasteiger partial charge in [-0.2, -0.15) is 0 Å². The molecule has 12 nitrogen and oxygen atoms in total. The lowest BCUT2D eigenvalue weighted by atomic mass is 10.1. The van der Waals surface area contributed by atoms with Crippen molar-refractivity contribution in [3.8, 4) is 11.5 Å². The number of anilines is 1. The van der Waals surface area contributed by atoms with Gasteiger partial charge in [-0.15, -0.1) is 0 Å². The first kappa shape index (κ1) is 30.2. The van der Waals surface area contributed by atoms with Gasteiger partial charge in [0.15, 0.2) is 5.82 Å². The molecule has 13 heteroatoms. The van der Waals surface area contributed by atoms with Gasteiger partial charge in [0, 0.05) is 30.6 Å². The minimum absolute atomic E-state index is 0.0451. The van der Waals surface area contributed by atoms with Crippen LogP contribution in [0.15, 0.2) is 41.4 Å². The van der Waals surface area contributed by atoms with Crippen LogP contribution in [0.3, 0.4) is 0 Å². The molecule has 218 valence electrons. The highest BCUT2D eigenvalue weighted by Gasteiger charge is 2.21. The highest BCUT2D eigenvalue weighted by molar-refractivity contribution is 7.46. The number of phenolic OH excluding ortho intramolecular Hbond substituents is 1. The van der Waals surface area contributed by atoms with Gasteiger partial charge in [0.1, 0.15) is 22.8 Å². The summed E-state index contributed by atoms with van der Waals surface area (Å²) in [5.74, 6) is 0.960. The SMILES string of the molecule is CCCCc1nc2c(N)nc3ccc(CCCOCCCN=C=O)cc3c2n1Cc1cc(OP(=O)(O)O)ccc1O. The first-order chi connectivity index (χ1) is 19.7. The van der Waals surface area contributed by atoms with E-state index in [0.717, 1.165) is 48.0 Å². The maximum atomic E-state index is 11.4. The Morgan fingerprint density at radius 3 is 2.63 bits per heavy atom. The number of phosphoric ester groups is 1. The van der Waals surface area contributed by atoms with Gasteiger partial charge in [0.2, 0.25) is 6.08 Å². The lowest BCUT2D eigenvalue weighted by Crippen LogP contribution is -2.07. The van der Waals surface area contributed by atoms with Gasteiger partial charge < -0.3 is 24.7 Å².